The first-order valence-corrected chi connectivity index (χ1v) is 11.5. The Morgan fingerprint density at radius 3 is 2.61 bits per heavy atom. The van der Waals surface area contributed by atoms with Crippen molar-refractivity contribution in [3.05, 3.63) is 40.9 Å². The average Bonchev–Trinajstić information content (AvgIpc) is 3.27. The molecule has 176 valence electrons. The maximum atomic E-state index is 13.2. The lowest BCUT2D eigenvalue weighted by molar-refractivity contribution is -0.0497. The number of methoxy groups -OCH3 is 2. The van der Waals surface area contributed by atoms with E-state index in [0.717, 1.165) is 24.2 Å². The Kier molecular flexibility index (Phi) is 8.17. The Morgan fingerprint density at radius 2 is 1.97 bits per heavy atom. The van der Waals surface area contributed by atoms with Crippen LogP contribution >= 0.6 is 22.9 Å². The van der Waals surface area contributed by atoms with Gasteiger partial charge in [-0.05, 0) is 48.8 Å². The van der Waals surface area contributed by atoms with Gasteiger partial charge in [0.15, 0.2) is 0 Å². The number of carbonyl (C=O) groups excluding carboxylic acids is 1. The molecule has 0 radical (unpaired) electrons. The fourth-order valence-electron chi connectivity index (χ4n) is 3.33. The molecule has 0 unspecified atom stereocenters. The molecule has 1 amide bonds. The van der Waals surface area contributed by atoms with Crippen LogP contribution in [0, 0.1) is 6.92 Å². The van der Waals surface area contributed by atoms with Crippen LogP contribution in [0.3, 0.4) is 0 Å². The van der Waals surface area contributed by atoms with Gasteiger partial charge in [-0.1, -0.05) is 30.5 Å². The Balaban J connectivity index is 1.84. The van der Waals surface area contributed by atoms with Crippen LogP contribution < -0.4 is 14.8 Å². The fraction of sp³-hybridized carbons (Fsp3) is 0.409. The number of pyridine rings is 2. The molecule has 1 N–H and O–H groups in total. The summed E-state index contributed by atoms with van der Waals surface area (Å²) in [7, 11) is 3.19. The van der Waals surface area contributed by atoms with Crippen LogP contribution in [0.15, 0.2) is 24.5 Å². The average molecular weight is 492 g/mol. The minimum Gasteiger partial charge on any atom is -0.494 e. The van der Waals surface area contributed by atoms with E-state index in [1.165, 1.54) is 13.3 Å². The lowest BCUT2D eigenvalue weighted by Gasteiger charge is -2.29. The molecule has 3 aromatic heterocycles. The van der Waals surface area contributed by atoms with Crippen molar-refractivity contribution in [1.82, 2.24) is 20.2 Å². The highest BCUT2D eigenvalue weighted by Crippen LogP contribution is 2.36. The maximum absolute atomic E-state index is 13.2. The molecule has 9 nitrogen and oxygen atoms in total. The van der Waals surface area contributed by atoms with E-state index < -0.39 is 5.91 Å². The van der Waals surface area contributed by atoms with Crippen molar-refractivity contribution >= 4 is 34.0 Å². The number of rotatable bonds is 10. The number of carbonyl (C=O) groups is 1. The summed E-state index contributed by atoms with van der Waals surface area (Å²) >= 11 is 7.21. The topological polar surface area (TPSA) is 108 Å². The molecule has 0 fully saturated rings. The van der Waals surface area contributed by atoms with Crippen molar-refractivity contribution in [3.63, 3.8) is 0 Å². The number of anilines is 1. The standard InChI is InChI=1S/C22H26ClN5O4S/c1-6-22(7-2,31-5)12-32-21-28-27-20(33-21)26-19(29)15-11-25-13(3)18(30-4)17(15)14-8-9-24-16(23)10-14/h8-11H,6-7,12H2,1-5H3,(H,26,27,29). The van der Waals surface area contributed by atoms with Gasteiger partial charge in [-0.25, -0.2) is 4.98 Å². The lowest BCUT2D eigenvalue weighted by atomic mass is 9.98. The number of ether oxygens (including phenoxy) is 3. The smallest absolute Gasteiger partial charge is 0.295 e. The van der Waals surface area contributed by atoms with Gasteiger partial charge in [0.2, 0.25) is 5.13 Å². The Hall–Kier alpha value is -2.82. The van der Waals surface area contributed by atoms with Gasteiger partial charge in [-0.2, -0.15) is 0 Å². The van der Waals surface area contributed by atoms with Crippen molar-refractivity contribution in [2.24, 2.45) is 0 Å². The molecule has 0 aliphatic heterocycles. The first kappa shape index (κ1) is 24.8. The molecule has 0 saturated carbocycles. The van der Waals surface area contributed by atoms with E-state index in [0.29, 0.717) is 50.2 Å². The van der Waals surface area contributed by atoms with Gasteiger partial charge in [-0.3, -0.25) is 15.1 Å². The van der Waals surface area contributed by atoms with Gasteiger partial charge in [0.1, 0.15) is 23.1 Å². The predicted octanol–water partition coefficient (Wildman–Crippen LogP) is 4.80. The second kappa shape index (κ2) is 10.9. The number of nitrogens with zero attached hydrogens (tertiary/aromatic N) is 4. The summed E-state index contributed by atoms with van der Waals surface area (Å²) in [5, 5.41) is 11.7. The van der Waals surface area contributed by atoms with E-state index in [9.17, 15) is 4.79 Å². The van der Waals surface area contributed by atoms with Crippen LogP contribution in [-0.4, -0.2) is 52.5 Å². The highest BCUT2D eigenvalue weighted by Gasteiger charge is 2.27. The van der Waals surface area contributed by atoms with Gasteiger partial charge in [0, 0.05) is 25.1 Å². The quantitative estimate of drug-likeness (QED) is 0.403. The van der Waals surface area contributed by atoms with Gasteiger partial charge in [0.25, 0.3) is 11.1 Å². The lowest BCUT2D eigenvalue weighted by Crippen LogP contribution is -2.36. The zero-order valence-electron chi connectivity index (χ0n) is 19.1. The molecule has 0 spiro atoms. The van der Waals surface area contributed by atoms with E-state index in [4.69, 9.17) is 25.8 Å². The molecule has 0 aliphatic carbocycles. The van der Waals surface area contributed by atoms with Gasteiger partial charge in [-0.15, -0.1) is 5.10 Å². The van der Waals surface area contributed by atoms with Crippen LogP contribution in [0.4, 0.5) is 5.13 Å². The Bertz CT molecular complexity index is 1110. The van der Waals surface area contributed by atoms with Gasteiger partial charge < -0.3 is 14.2 Å². The summed E-state index contributed by atoms with van der Waals surface area (Å²) in [5.74, 6) is 0.0565. The van der Waals surface area contributed by atoms with Crippen LogP contribution in [0.1, 0.15) is 42.7 Å². The van der Waals surface area contributed by atoms with Crippen molar-refractivity contribution in [2.45, 2.75) is 39.2 Å². The third-order valence-corrected chi connectivity index (χ3v) is 6.44. The minimum atomic E-state index is -0.417. The number of aryl methyl sites for hydroxylation is 1. The molecule has 0 saturated heterocycles. The normalized spacial score (nSPS) is 11.3. The fourth-order valence-corrected chi connectivity index (χ4v) is 4.10. The number of hydrogen-bond donors (Lipinski definition) is 1. The van der Waals surface area contributed by atoms with Crippen LogP contribution in [-0.2, 0) is 4.74 Å². The monoisotopic (exact) mass is 491 g/mol. The summed E-state index contributed by atoms with van der Waals surface area (Å²) in [6, 6.07) is 3.41. The zero-order chi connectivity index (χ0) is 24.0. The SMILES string of the molecule is CCC(CC)(COc1nnc(NC(=O)c2cnc(C)c(OC)c2-c2ccnc(Cl)c2)s1)OC. The molecule has 0 aliphatic rings. The predicted molar refractivity (Wildman–Crippen MR) is 127 cm³/mol. The molecule has 3 heterocycles. The van der Waals surface area contributed by atoms with Crippen molar-refractivity contribution < 1.29 is 19.0 Å². The van der Waals surface area contributed by atoms with Crippen molar-refractivity contribution in [1.29, 1.82) is 0 Å². The highest BCUT2D eigenvalue weighted by atomic mass is 35.5. The van der Waals surface area contributed by atoms with Crippen LogP contribution in [0.25, 0.3) is 11.1 Å². The molecule has 33 heavy (non-hydrogen) atoms. The molecular formula is C22H26ClN5O4S. The molecular weight excluding hydrogens is 466 g/mol. The first-order valence-electron chi connectivity index (χ1n) is 10.3. The van der Waals surface area contributed by atoms with Crippen LogP contribution in [0.5, 0.6) is 10.9 Å². The summed E-state index contributed by atoms with van der Waals surface area (Å²) in [5.41, 5.74) is 1.78. The molecule has 3 aromatic rings. The van der Waals surface area contributed by atoms with E-state index in [1.54, 1.807) is 32.4 Å². The number of hydrogen-bond acceptors (Lipinski definition) is 9. The highest BCUT2D eigenvalue weighted by molar-refractivity contribution is 7.17. The van der Waals surface area contributed by atoms with E-state index in [-0.39, 0.29) is 5.60 Å². The van der Waals surface area contributed by atoms with Gasteiger partial charge >= 0.3 is 0 Å². The summed E-state index contributed by atoms with van der Waals surface area (Å²) in [4.78, 5) is 21.5. The largest absolute Gasteiger partial charge is 0.494 e. The van der Waals surface area contributed by atoms with Gasteiger partial charge in [0.05, 0.1) is 18.4 Å². The van der Waals surface area contributed by atoms with Crippen molar-refractivity contribution in [3.8, 4) is 22.1 Å². The molecule has 0 aromatic carbocycles. The number of nitrogens with one attached hydrogen (secondary N) is 1. The molecule has 0 bridgehead atoms. The number of amides is 1. The summed E-state index contributed by atoms with van der Waals surface area (Å²) in [6.45, 7) is 6.22. The third-order valence-electron chi connectivity index (χ3n) is 5.48. The zero-order valence-corrected chi connectivity index (χ0v) is 20.7. The second-order valence-corrected chi connectivity index (χ2v) is 8.57. The third kappa shape index (κ3) is 5.58. The van der Waals surface area contributed by atoms with Crippen LogP contribution in [0.2, 0.25) is 5.15 Å². The second-order valence-electron chi connectivity index (χ2n) is 7.24. The van der Waals surface area contributed by atoms with E-state index >= 15 is 0 Å². The minimum absolute atomic E-state index is 0.296. The molecule has 0 atom stereocenters. The molecule has 11 heteroatoms. The number of halogens is 1. The first-order chi connectivity index (χ1) is 15.9. The molecule has 3 rings (SSSR count). The Labute approximate surface area is 201 Å². The Morgan fingerprint density at radius 1 is 1.21 bits per heavy atom. The van der Waals surface area contributed by atoms with E-state index in [2.05, 4.69) is 25.5 Å². The number of aromatic nitrogens is 4. The van der Waals surface area contributed by atoms with E-state index in [1.807, 2.05) is 13.8 Å². The van der Waals surface area contributed by atoms with Crippen molar-refractivity contribution in [2.75, 3.05) is 26.1 Å². The summed E-state index contributed by atoms with van der Waals surface area (Å²) in [6.07, 6.45) is 4.65. The maximum Gasteiger partial charge on any atom is 0.295 e. The summed E-state index contributed by atoms with van der Waals surface area (Å²) < 4.78 is 16.9.